The van der Waals surface area contributed by atoms with Crippen molar-refractivity contribution in [3.8, 4) is 0 Å². The highest BCUT2D eigenvalue weighted by atomic mass is 16.3. The molecular formula is C20H30N2O. The van der Waals surface area contributed by atoms with Crippen LogP contribution in [-0.4, -0.2) is 33.3 Å². The summed E-state index contributed by atoms with van der Waals surface area (Å²) in [5.41, 5.74) is 2.38. The summed E-state index contributed by atoms with van der Waals surface area (Å²) >= 11 is 0. The van der Waals surface area contributed by atoms with E-state index in [1.807, 2.05) is 6.07 Å². The van der Waals surface area contributed by atoms with Gasteiger partial charge in [0.15, 0.2) is 0 Å². The van der Waals surface area contributed by atoms with E-state index >= 15 is 0 Å². The molecule has 0 fully saturated rings. The highest BCUT2D eigenvalue weighted by Gasteiger charge is 2.27. The van der Waals surface area contributed by atoms with Crippen LogP contribution in [0.25, 0.3) is 0 Å². The van der Waals surface area contributed by atoms with Gasteiger partial charge in [0.2, 0.25) is 0 Å². The standard InChI is InChI=1S/C20H30N2O/c1-17(2)13-22(20(3,4)16-23)15-19-11-8-12-21(19)14-18-9-6-5-7-10-18/h5-12,17,23H,13-16H2,1-4H3. The van der Waals surface area contributed by atoms with Crippen LogP contribution < -0.4 is 0 Å². The maximum Gasteiger partial charge on any atom is 0.0610 e. The molecule has 1 N–H and O–H groups in total. The molecule has 0 saturated carbocycles. The van der Waals surface area contributed by atoms with Crippen molar-refractivity contribution in [1.29, 1.82) is 0 Å². The topological polar surface area (TPSA) is 28.4 Å². The average molecular weight is 314 g/mol. The molecule has 1 heterocycles. The number of benzene rings is 1. The quantitative estimate of drug-likeness (QED) is 0.803. The fourth-order valence-corrected chi connectivity index (χ4v) is 2.79. The summed E-state index contributed by atoms with van der Waals surface area (Å²) in [6, 6.07) is 14.8. The van der Waals surface area contributed by atoms with E-state index in [1.165, 1.54) is 11.3 Å². The van der Waals surface area contributed by atoms with E-state index in [1.54, 1.807) is 0 Å². The normalized spacial score (nSPS) is 12.3. The van der Waals surface area contributed by atoms with Crippen LogP contribution in [0, 0.1) is 5.92 Å². The Kier molecular flexibility index (Phi) is 6.03. The molecule has 0 amide bonds. The Labute approximate surface area is 140 Å². The van der Waals surface area contributed by atoms with Crippen molar-refractivity contribution in [3.05, 3.63) is 59.9 Å². The summed E-state index contributed by atoms with van der Waals surface area (Å²) in [7, 11) is 0. The highest BCUT2D eigenvalue weighted by molar-refractivity contribution is 5.17. The summed E-state index contributed by atoms with van der Waals surface area (Å²) in [4.78, 5) is 2.38. The first-order valence-electron chi connectivity index (χ1n) is 8.46. The molecule has 0 unspecified atom stereocenters. The van der Waals surface area contributed by atoms with Crippen LogP contribution in [0.5, 0.6) is 0 Å². The van der Waals surface area contributed by atoms with Crippen LogP contribution in [-0.2, 0) is 13.1 Å². The third-order valence-corrected chi connectivity index (χ3v) is 4.30. The van der Waals surface area contributed by atoms with Crippen LogP contribution in [0.2, 0.25) is 0 Å². The van der Waals surface area contributed by atoms with Crippen LogP contribution >= 0.6 is 0 Å². The van der Waals surface area contributed by atoms with Gasteiger partial charge >= 0.3 is 0 Å². The van der Waals surface area contributed by atoms with E-state index in [4.69, 9.17) is 0 Å². The fraction of sp³-hybridized carbons (Fsp3) is 0.500. The number of aromatic nitrogens is 1. The molecule has 0 bridgehead atoms. The van der Waals surface area contributed by atoms with Crippen molar-refractivity contribution < 1.29 is 5.11 Å². The molecular weight excluding hydrogens is 284 g/mol. The van der Waals surface area contributed by atoms with E-state index in [9.17, 15) is 5.11 Å². The molecule has 0 atom stereocenters. The minimum absolute atomic E-state index is 0.166. The minimum atomic E-state index is -0.216. The molecule has 1 aromatic heterocycles. The lowest BCUT2D eigenvalue weighted by molar-refractivity contribution is 0.0398. The van der Waals surface area contributed by atoms with Crippen molar-refractivity contribution in [1.82, 2.24) is 9.47 Å². The molecule has 3 nitrogen and oxygen atoms in total. The Hall–Kier alpha value is -1.58. The van der Waals surface area contributed by atoms with Crippen molar-refractivity contribution in [3.63, 3.8) is 0 Å². The van der Waals surface area contributed by atoms with Gasteiger partial charge in [0, 0.05) is 37.1 Å². The Balaban J connectivity index is 2.16. The van der Waals surface area contributed by atoms with E-state index in [2.05, 4.69) is 79.8 Å². The second-order valence-corrected chi connectivity index (χ2v) is 7.36. The largest absolute Gasteiger partial charge is 0.394 e. The van der Waals surface area contributed by atoms with Crippen molar-refractivity contribution in [2.75, 3.05) is 13.2 Å². The molecule has 0 saturated heterocycles. The number of hydrogen-bond donors (Lipinski definition) is 1. The predicted octanol–water partition coefficient (Wildman–Crippen LogP) is 3.77. The van der Waals surface area contributed by atoms with Crippen molar-refractivity contribution in [2.24, 2.45) is 5.92 Å². The maximum absolute atomic E-state index is 9.76. The summed E-state index contributed by atoms with van der Waals surface area (Å²) in [5, 5.41) is 9.76. The van der Waals surface area contributed by atoms with Gasteiger partial charge < -0.3 is 9.67 Å². The molecule has 0 aliphatic carbocycles. The predicted molar refractivity (Wildman–Crippen MR) is 96.4 cm³/mol. The third-order valence-electron chi connectivity index (χ3n) is 4.30. The molecule has 3 heteroatoms. The molecule has 126 valence electrons. The fourth-order valence-electron chi connectivity index (χ4n) is 2.79. The van der Waals surface area contributed by atoms with Gasteiger partial charge in [-0.3, -0.25) is 4.90 Å². The smallest absolute Gasteiger partial charge is 0.0610 e. The van der Waals surface area contributed by atoms with Crippen molar-refractivity contribution >= 4 is 0 Å². The number of nitrogens with zero attached hydrogens (tertiary/aromatic N) is 2. The Morgan fingerprint density at radius 2 is 1.78 bits per heavy atom. The monoisotopic (exact) mass is 314 g/mol. The van der Waals surface area contributed by atoms with Gasteiger partial charge in [-0.05, 0) is 37.5 Å². The van der Waals surface area contributed by atoms with Gasteiger partial charge in [-0.25, -0.2) is 0 Å². The minimum Gasteiger partial charge on any atom is -0.394 e. The van der Waals surface area contributed by atoms with Gasteiger partial charge in [-0.1, -0.05) is 44.2 Å². The lowest BCUT2D eigenvalue weighted by atomic mass is 10.0. The first-order valence-corrected chi connectivity index (χ1v) is 8.46. The lowest BCUT2D eigenvalue weighted by Gasteiger charge is -2.38. The van der Waals surface area contributed by atoms with Gasteiger partial charge in [-0.15, -0.1) is 0 Å². The second-order valence-electron chi connectivity index (χ2n) is 7.36. The Morgan fingerprint density at radius 3 is 2.39 bits per heavy atom. The molecule has 1 aromatic carbocycles. The van der Waals surface area contributed by atoms with E-state index in [-0.39, 0.29) is 12.1 Å². The molecule has 0 radical (unpaired) electrons. The highest BCUT2D eigenvalue weighted by Crippen LogP contribution is 2.20. The van der Waals surface area contributed by atoms with E-state index < -0.39 is 0 Å². The zero-order valence-electron chi connectivity index (χ0n) is 14.9. The molecule has 0 aliphatic rings. The van der Waals surface area contributed by atoms with Crippen LogP contribution in [0.3, 0.4) is 0 Å². The zero-order chi connectivity index (χ0) is 16.9. The first-order chi connectivity index (χ1) is 10.9. The number of aliphatic hydroxyl groups is 1. The summed E-state index contributed by atoms with van der Waals surface area (Å²) in [6.07, 6.45) is 2.14. The maximum atomic E-state index is 9.76. The molecule has 23 heavy (non-hydrogen) atoms. The van der Waals surface area contributed by atoms with Gasteiger partial charge in [-0.2, -0.15) is 0 Å². The number of hydrogen-bond acceptors (Lipinski definition) is 2. The number of aliphatic hydroxyl groups excluding tert-OH is 1. The molecule has 2 rings (SSSR count). The van der Waals surface area contributed by atoms with Crippen LogP contribution in [0.15, 0.2) is 48.7 Å². The SMILES string of the molecule is CC(C)CN(Cc1cccn1Cc1ccccc1)C(C)(C)CO. The molecule has 2 aromatic rings. The van der Waals surface area contributed by atoms with Crippen LogP contribution in [0.4, 0.5) is 0 Å². The number of rotatable bonds is 8. The third kappa shape index (κ3) is 4.95. The Morgan fingerprint density at radius 1 is 1.09 bits per heavy atom. The average Bonchev–Trinajstić information content (AvgIpc) is 2.94. The lowest BCUT2D eigenvalue weighted by Crippen LogP contribution is -2.48. The van der Waals surface area contributed by atoms with Crippen molar-refractivity contribution in [2.45, 2.75) is 46.3 Å². The second kappa shape index (κ2) is 7.80. The Bertz CT molecular complexity index is 587. The van der Waals surface area contributed by atoms with Gasteiger partial charge in [0.25, 0.3) is 0 Å². The van der Waals surface area contributed by atoms with Gasteiger partial charge in [0.05, 0.1) is 6.61 Å². The summed E-state index contributed by atoms with van der Waals surface area (Å²) in [6.45, 7) is 11.6. The first kappa shape index (κ1) is 17.8. The molecule has 0 aliphatic heterocycles. The molecule has 0 spiro atoms. The summed E-state index contributed by atoms with van der Waals surface area (Å²) < 4.78 is 2.30. The van der Waals surface area contributed by atoms with Crippen LogP contribution in [0.1, 0.15) is 39.0 Å². The zero-order valence-corrected chi connectivity index (χ0v) is 14.9. The summed E-state index contributed by atoms with van der Waals surface area (Å²) in [5.74, 6) is 0.568. The van der Waals surface area contributed by atoms with E-state index in [0.717, 1.165) is 19.6 Å². The van der Waals surface area contributed by atoms with E-state index in [0.29, 0.717) is 5.92 Å². The van der Waals surface area contributed by atoms with Gasteiger partial charge in [0.1, 0.15) is 0 Å².